The Hall–Kier alpha value is -5.50. The largest absolute Gasteiger partial charge is 0.508 e. The standard InChI is InChI=1S/C49H61N11O6S/c1-31(2)38-21-39(42(62)22-41(38)61)47(63)60-27-34-4-3-33(19-35(34)28-60)26-56-11-9-55(10-12-56)25-32-5-7-59(8-6-32)48(64)43-30-57(13-18-66-43)29-37-20-40-44(67-37)46(58-14-16-65-17-15-58)54-45(53-40)36-23-51-49(50)52-24-36/h3-4,19-24,31-32,43,61-62H,5-18,25-30H2,1-2H3,(H2,50,51,52)/t43-/m0/s1. The highest BCUT2D eigenvalue weighted by atomic mass is 32.1. The van der Waals surface area contributed by atoms with E-state index in [0.717, 1.165) is 112 Å². The molecule has 354 valence electrons. The molecule has 4 fully saturated rings. The third-order valence-corrected chi connectivity index (χ3v) is 15.1. The number of carbonyl (C=O) groups excluding carboxylic acids is 2. The first kappa shape index (κ1) is 45.3. The predicted molar refractivity (Wildman–Crippen MR) is 256 cm³/mol. The van der Waals surface area contributed by atoms with Crippen molar-refractivity contribution in [2.75, 3.05) is 102 Å². The highest BCUT2D eigenvalue weighted by Gasteiger charge is 2.34. The molecule has 5 aliphatic rings. The van der Waals surface area contributed by atoms with Crippen molar-refractivity contribution in [2.45, 2.75) is 64.9 Å². The number of hydrogen-bond donors (Lipinski definition) is 3. The second kappa shape index (κ2) is 19.6. The molecule has 0 saturated carbocycles. The molecular formula is C49H61N11O6S. The number of aromatic hydroxyl groups is 2. The number of amides is 2. The summed E-state index contributed by atoms with van der Waals surface area (Å²) in [4.78, 5) is 60.3. The van der Waals surface area contributed by atoms with Crippen LogP contribution in [0, 0.1) is 5.92 Å². The Morgan fingerprint density at radius 3 is 2.31 bits per heavy atom. The molecular weight excluding hydrogens is 871 g/mol. The minimum absolute atomic E-state index is 0.00613. The Bertz CT molecular complexity index is 2590. The molecule has 0 aliphatic carbocycles. The second-order valence-electron chi connectivity index (χ2n) is 19.0. The molecule has 5 aromatic rings. The Morgan fingerprint density at radius 2 is 1.55 bits per heavy atom. The number of aromatic nitrogens is 4. The number of nitrogens with two attached hydrogens (primary N) is 1. The van der Waals surface area contributed by atoms with E-state index in [1.54, 1.807) is 34.7 Å². The highest BCUT2D eigenvalue weighted by molar-refractivity contribution is 7.19. The van der Waals surface area contributed by atoms with Crippen LogP contribution in [0.5, 0.6) is 11.5 Å². The molecule has 17 nitrogen and oxygen atoms in total. The lowest BCUT2D eigenvalue weighted by Gasteiger charge is -2.40. The van der Waals surface area contributed by atoms with Gasteiger partial charge in [-0.15, -0.1) is 11.3 Å². The fourth-order valence-electron chi connectivity index (χ4n) is 10.2. The van der Waals surface area contributed by atoms with Gasteiger partial charge in [-0.25, -0.2) is 19.9 Å². The third kappa shape index (κ3) is 10.1. The Labute approximate surface area is 395 Å². The molecule has 2 amide bonds. The molecule has 0 unspecified atom stereocenters. The number of fused-ring (bicyclic) bond motifs is 2. The van der Waals surface area contributed by atoms with Gasteiger partial charge in [-0.3, -0.25) is 19.4 Å². The van der Waals surface area contributed by atoms with Crippen molar-refractivity contribution in [2.24, 2.45) is 5.92 Å². The summed E-state index contributed by atoms with van der Waals surface area (Å²) < 4.78 is 12.8. The van der Waals surface area contributed by atoms with Crippen LogP contribution in [0.25, 0.3) is 21.6 Å². The molecule has 10 rings (SSSR count). The number of ether oxygens (including phenoxy) is 2. The number of phenolic OH excluding ortho intramolecular Hbond substituents is 2. The van der Waals surface area contributed by atoms with E-state index in [1.165, 1.54) is 16.5 Å². The molecule has 4 N–H and O–H groups in total. The average Bonchev–Trinajstić information content (AvgIpc) is 3.96. The summed E-state index contributed by atoms with van der Waals surface area (Å²) in [5, 5.41) is 20.8. The normalized spacial score (nSPS) is 20.3. The van der Waals surface area contributed by atoms with Gasteiger partial charge < -0.3 is 45.0 Å². The average molecular weight is 932 g/mol. The van der Waals surface area contributed by atoms with Crippen LogP contribution in [-0.2, 0) is 40.4 Å². The van der Waals surface area contributed by atoms with Crippen LogP contribution in [-0.4, -0.2) is 164 Å². The number of nitrogen functional groups attached to an aromatic ring is 1. The topological polar surface area (TPSA) is 190 Å². The van der Waals surface area contributed by atoms with E-state index < -0.39 is 6.10 Å². The molecule has 5 aliphatic heterocycles. The van der Waals surface area contributed by atoms with E-state index in [1.807, 2.05) is 18.7 Å². The van der Waals surface area contributed by atoms with Crippen LogP contribution in [0.2, 0.25) is 0 Å². The fraction of sp³-hybridized carbons (Fsp3) is 0.510. The molecule has 2 aromatic carbocycles. The zero-order valence-corrected chi connectivity index (χ0v) is 39.3. The summed E-state index contributed by atoms with van der Waals surface area (Å²) in [6.45, 7) is 17.7. The number of thiophene rings is 1. The summed E-state index contributed by atoms with van der Waals surface area (Å²) in [5.74, 6) is 1.93. The Morgan fingerprint density at radius 1 is 0.806 bits per heavy atom. The van der Waals surface area contributed by atoms with Crippen molar-refractivity contribution in [3.05, 3.63) is 81.5 Å². The maximum Gasteiger partial charge on any atom is 0.258 e. The van der Waals surface area contributed by atoms with E-state index in [4.69, 9.17) is 25.2 Å². The second-order valence-corrected chi connectivity index (χ2v) is 20.2. The third-order valence-electron chi connectivity index (χ3n) is 14.0. The number of nitrogens with zero attached hydrogens (tertiary/aromatic N) is 10. The van der Waals surface area contributed by atoms with E-state index in [2.05, 4.69) is 53.8 Å². The van der Waals surface area contributed by atoms with Gasteiger partial charge in [0.1, 0.15) is 17.6 Å². The summed E-state index contributed by atoms with van der Waals surface area (Å²) in [6.07, 6.45) is 4.85. The lowest BCUT2D eigenvalue weighted by molar-refractivity contribution is -0.151. The van der Waals surface area contributed by atoms with Gasteiger partial charge >= 0.3 is 0 Å². The maximum atomic E-state index is 13.9. The lowest BCUT2D eigenvalue weighted by Crippen LogP contribution is -2.53. The Kier molecular flexibility index (Phi) is 13.3. The van der Waals surface area contributed by atoms with Gasteiger partial charge in [-0.05, 0) is 59.1 Å². The van der Waals surface area contributed by atoms with Crippen LogP contribution in [0.15, 0.2) is 48.8 Å². The smallest absolute Gasteiger partial charge is 0.258 e. The molecule has 1 atom stereocenters. The number of carbonyl (C=O) groups is 2. The molecule has 0 bridgehead atoms. The fourth-order valence-corrected chi connectivity index (χ4v) is 11.4. The minimum Gasteiger partial charge on any atom is -0.508 e. The van der Waals surface area contributed by atoms with Gasteiger partial charge in [0, 0.05) is 122 Å². The number of morpholine rings is 2. The molecule has 0 spiro atoms. The van der Waals surface area contributed by atoms with Gasteiger partial charge in [-0.1, -0.05) is 32.0 Å². The van der Waals surface area contributed by atoms with Crippen molar-refractivity contribution in [1.29, 1.82) is 0 Å². The summed E-state index contributed by atoms with van der Waals surface area (Å²) in [5.41, 5.74) is 11.7. The first-order valence-corrected chi connectivity index (χ1v) is 24.6. The predicted octanol–water partition coefficient (Wildman–Crippen LogP) is 4.51. The molecule has 3 aromatic heterocycles. The number of hydrogen-bond acceptors (Lipinski definition) is 16. The van der Waals surface area contributed by atoms with Crippen LogP contribution in [0.3, 0.4) is 0 Å². The molecule has 18 heteroatoms. The molecule has 67 heavy (non-hydrogen) atoms. The van der Waals surface area contributed by atoms with Crippen LogP contribution in [0.1, 0.15) is 70.1 Å². The number of benzene rings is 2. The highest BCUT2D eigenvalue weighted by Crippen LogP contribution is 2.37. The SMILES string of the molecule is CC(C)c1cc(C(=O)N2Cc3ccc(CN4CCN(CC5CCN(C(=O)[C@@H]6CN(Cc7cc8nc(-c9cnc(N)nc9)nc(N9CCOCC9)c8s7)CCO6)CC5)CC4)cc3C2)c(O)cc1O. The van der Waals surface area contributed by atoms with Crippen molar-refractivity contribution >= 4 is 45.1 Å². The van der Waals surface area contributed by atoms with E-state index >= 15 is 0 Å². The van der Waals surface area contributed by atoms with Gasteiger partial charge in [0.15, 0.2) is 11.6 Å². The number of anilines is 2. The quantitative estimate of drug-likeness (QED) is 0.168. The summed E-state index contributed by atoms with van der Waals surface area (Å²) >= 11 is 1.71. The van der Waals surface area contributed by atoms with E-state index in [0.29, 0.717) is 68.9 Å². The van der Waals surface area contributed by atoms with Crippen molar-refractivity contribution in [1.82, 2.24) is 44.4 Å². The zero-order valence-electron chi connectivity index (χ0n) is 38.5. The monoisotopic (exact) mass is 931 g/mol. The van der Waals surface area contributed by atoms with Crippen LogP contribution < -0.4 is 10.6 Å². The van der Waals surface area contributed by atoms with Crippen molar-refractivity contribution < 1.29 is 29.3 Å². The lowest BCUT2D eigenvalue weighted by atomic mass is 9.95. The number of rotatable bonds is 11. The summed E-state index contributed by atoms with van der Waals surface area (Å²) in [6, 6.07) is 11.6. The number of piperidine rings is 1. The van der Waals surface area contributed by atoms with Crippen molar-refractivity contribution in [3.8, 4) is 22.9 Å². The van der Waals surface area contributed by atoms with Gasteiger partial charge in [0.25, 0.3) is 11.8 Å². The maximum absolute atomic E-state index is 13.9. The van der Waals surface area contributed by atoms with E-state index in [-0.39, 0.29) is 40.7 Å². The van der Waals surface area contributed by atoms with Gasteiger partial charge in [0.2, 0.25) is 5.95 Å². The number of likely N-dealkylation sites (tertiary alicyclic amines) is 1. The first-order valence-electron chi connectivity index (χ1n) is 23.8. The minimum atomic E-state index is -0.473. The zero-order chi connectivity index (χ0) is 46.2. The Balaban J connectivity index is 0.679. The van der Waals surface area contributed by atoms with Crippen LogP contribution >= 0.6 is 11.3 Å². The molecule has 8 heterocycles. The van der Waals surface area contributed by atoms with E-state index in [9.17, 15) is 19.8 Å². The van der Waals surface area contributed by atoms with Crippen molar-refractivity contribution in [3.63, 3.8) is 0 Å². The molecule has 0 radical (unpaired) electrons. The van der Waals surface area contributed by atoms with Gasteiger partial charge in [0.05, 0.1) is 41.2 Å². The number of phenols is 2. The number of piperazine rings is 1. The van der Waals surface area contributed by atoms with Gasteiger partial charge in [-0.2, -0.15) is 0 Å². The summed E-state index contributed by atoms with van der Waals surface area (Å²) in [7, 11) is 0. The molecule has 4 saturated heterocycles. The first-order chi connectivity index (χ1) is 32.5. The van der Waals surface area contributed by atoms with Crippen LogP contribution in [0.4, 0.5) is 11.8 Å².